The number of aliphatic hydroxyl groups is 1. The topological polar surface area (TPSA) is 75.7 Å². The van der Waals surface area contributed by atoms with Crippen molar-refractivity contribution < 1.29 is 19.3 Å². The van der Waals surface area contributed by atoms with E-state index in [1.54, 1.807) is 0 Å². The summed E-state index contributed by atoms with van der Waals surface area (Å²) in [6.45, 7) is -0.0840. The summed E-state index contributed by atoms with van der Waals surface area (Å²) in [4.78, 5) is 0. The van der Waals surface area contributed by atoms with Crippen LogP contribution in [-0.4, -0.2) is 23.9 Å². The molecule has 0 spiro atoms. The molecule has 1 aromatic carbocycles. The molecule has 1 unspecified atom stereocenters. The quantitative estimate of drug-likeness (QED) is 0.666. The van der Waals surface area contributed by atoms with Gasteiger partial charge in [-0.2, -0.15) is 4.39 Å². The molecule has 0 radical (unpaired) electrons. The minimum Gasteiger partial charge on any atom is -0.504 e. The molecule has 0 aliphatic rings. The maximum Gasteiger partial charge on any atom is 0.206 e. The van der Waals surface area contributed by atoms with Crippen molar-refractivity contribution in [2.24, 2.45) is 5.73 Å². The number of rotatable bonds is 3. The second-order valence-electron chi connectivity index (χ2n) is 2.77. The van der Waals surface area contributed by atoms with Gasteiger partial charge in [0.05, 0.1) is 13.2 Å². The first-order chi connectivity index (χ1) is 6.61. The molecule has 0 saturated heterocycles. The number of hydrogen-bond acceptors (Lipinski definition) is 4. The maximum absolute atomic E-state index is 13.2. The largest absolute Gasteiger partial charge is 0.504 e. The Kier molecular flexibility index (Phi) is 3.27. The normalized spacial score (nSPS) is 12.6. The van der Waals surface area contributed by atoms with Gasteiger partial charge in [0.2, 0.25) is 5.82 Å². The smallest absolute Gasteiger partial charge is 0.206 e. The second kappa shape index (κ2) is 4.26. The molecule has 0 amide bonds. The molecule has 1 rings (SSSR count). The molecule has 1 aromatic rings. The number of phenolic OH excluding ortho intramolecular Hbond substituents is 1. The first-order valence-corrected chi connectivity index (χ1v) is 4.05. The lowest BCUT2D eigenvalue weighted by atomic mass is 10.1. The molecule has 0 saturated carbocycles. The number of aromatic hydroxyl groups is 1. The molecule has 4 nitrogen and oxygen atoms in total. The summed E-state index contributed by atoms with van der Waals surface area (Å²) in [5.41, 5.74) is 5.24. The summed E-state index contributed by atoms with van der Waals surface area (Å²) in [5, 5.41) is 18.6. The van der Waals surface area contributed by atoms with Crippen molar-refractivity contribution >= 4 is 0 Å². The highest BCUT2D eigenvalue weighted by atomic mass is 19.1. The van der Waals surface area contributed by atoms with Gasteiger partial charge < -0.3 is 20.7 Å². The van der Waals surface area contributed by atoms with Crippen LogP contribution in [0.15, 0.2) is 12.1 Å². The number of aliphatic hydroxyl groups excluding tert-OH is 1. The van der Waals surface area contributed by atoms with Crippen LogP contribution in [0.25, 0.3) is 0 Å². The summed E-state index contributed by atoms with van der Waals surface area (Å²) in [6, 6.07) is 2.69. The van der Waals surface area contributed by atoms with Crippen LogP contribution >= 0.6 is 0 Å². The molecule has 78 valence electrons. The highest BCUT2D eigenvalue weighted by Crippen LogP contribution is 2.32. The van der Waals surface area contributed by atoms with Gasteiger partial charge in [-0.15, -0.1) is 0 Å². The third-order valence-electron chi connectivity index (χ3n) is 1.91. The Bertz CT molecular complexity index is 330. The monoisotopic (exact) mass is 201 g/mol. The number of nitrogens with two attached hydrogens (primary N) is 1. The molecule has 4 N–H and O–H groups in total. The fourth-order valence-corrected chi connectivity index (χ4v) is 1.11. The van der Waals surface area contributed by atoms with Crippen molar-refractivity contribution in [3.8, 4) is 11.5 Å². The molecule has 5 heteroatoms. The summed E-state index contributed by atoms with van der Waals surface area (Å²) in [6.07, 6.45) is -1.07. The first-order valence-electron chi connectivity index (χ1n) is 4.05. The molecule has 0 fully saturated rings. The summed E-state index contributed by atoms with van der Waals surface area (Å²) < 4.78 is 17.9. The fraction of sp³-hybridized carbons (Fsp3) is 0.333. The van der Waals surface area contributed by atoms with E-state index < -0.39 is 17.7 Å². The molecule has 14 heavy (non-hydrogen) atoms. The van der Waals surface area contributed by atoms with Crippen molar-refractivity contribution in [1.29, 1.82) is 0 Å². The van der Waals surface area contributed by atoms with Crippen molar-refractivity contribution in [2.75, 3.05) is 13.7 Å². The summed E-state index contributed by atoms with van der Waals surface area (Å²) in [5.74, 6) is -1.59. The van der Waals surface area contributed by atoms with E-state index in [4.69, 9.17) is 5.73 Å². The molecule has 0 heterocycles. The number of halogens is 1. The summed E-state index contributed by atoms with van der Waals surface area (Å²) >= 11 is 0. The van der Waals surface area contributed by atoms with E-state index in [1.807, 2.05) is 0 Å². The van der Waals surface area contributed by atoms with Gasteiger partial charge >= 0.3 is 0 Å². The predicted octanol–water partition coefficient (Wildman–Crippen LogP) is 0.532. The van der Waals surface area contributed by atoms with Gasteiger partial charge in [0.1, 0.15) is 0 Å². The standard InChI is InChI=1S/C9H12FNO3/c1-14-7-3-2-5(6(12)4-11)9(13)8(7)10/h2-3,6,12-13H,4,11H2,1H3. The van der Waals surface area contributed by atoms with E-state index in [0.717, 1.165) is 0 Å². The van der Waals surface area contributed by atoms with E-state index in [-0.39, 0.29) is 17.9 Å². The van der Waals surface area contributed by atoms with Crippen LogP contribution in [-0.2, 0) is 0 Å². The average Bonchev–Trinajstić information content (AvgIpc) is 2.21. The van der Waals surface area contributed by atoms with Crippen LogP contribution in [0.4, 0.5) is 4.39 Å². The molecular formula is C9H12FNO3. The Morgan fingerprint density at radius 1 is 1.57 bits per heavy atom. The van der Waals surface area contributed by atoms with Crippen LogP contribution in [0, 0.1) is 5.82 Å². The van der Waals surface area contributed by atoms with E-state index in [0.29, 0.717) is 0 Å². The van der Waals surface area contributed by atoms with E-state index in [2.05, 4.69) is 4.74 Å². The second-order valence-corrected chi connectivity index (χ2v) is 2.77. The van der Waals surface area contributed by atoms with E-state index >= 15 is 0 Å². The summed E-state index contributed by atoms with van der Waals surface area (Å²) in [7, 11) is 1.29. The number of ether oxygens (including phenoxy) is 1. The Labute approximate surface area is 80.7 Å². The molecule has 0 aromatic heterocycles. The van der Waals surface area contributed by atoms with Crippen molar-refractivity contribution in [3.63, 3.8) is 0 Å². The minimum absolute atomic E-state index is 0.0609. The zero-order chi connectivity index (χ0) is 10.7. The van der Waals surface area contributed by atoms with Gasteiger partial charge in [0.25, 0.3) is 0 Å². The lowest BCUT2D eigenvalue weighted by molar-refractivity contribution is 0.181. The van der Waals surface area contributed by atoms with Gasteiger partial charge in [-0.25, -0.2) is 0 Å². The molecule has 0 aliphatic carbocycles. The van der Waals surface area contributed by atoms with E-state index in [1.165, 1.54) is 19.2 Å². The average molecular weight is 201 g/mol. The molecular weight excluding hydrogens is 189 g/mol. The highest BCUT2D eigenvalue weighted by molar-refractivity contribution is 5.42. The van der Waals surface area contributed by atoms with Crippen LogP contribution in [0.1, 0.15) is 11.7 Å². The Balaban J connectivity index is 3.17. The Morgan fingerprint density at radius 2 is 2.21 bits per heavy atom. The van der Waals surface area contributed by atoms with Crippen LogP contribution in [0.3, 0.4) is 0 Å². The van der Waals surface area contributed by atoms with Gasteiger partial charge in [0, 0.05) is 12.1 Å². The SMILES string of the molecule is COc1ccc(C(O)CN)c(O)c1F. The number of benzene rings is 1. The van der Waals surface area contributed by atoms with Crippen molar-refractivity contribution in [1.82, 2.24) is 0 Å². The van der Waals surface area contributed by atoms with Gasteiger partial charge in [-0.3, -0.25) is 0 Å². The Morgan fingerprint density at radius 3 is 2.71 bits per heavy atom. The predicted molar refractivity (Wildman–Crippen MR) is 48.6 cm³/mol. The zero-order valence-corrected chi connectivity index (χ0v) is 7.70. The van der Waals surface area contributed by atoms with Gasteiger partial charge in [-0.05, 0) is 12.1 Å². The van der Waals surface area contributed by atoms with E-state index in [9.17, 15) is 14.6 Å². The number of methoxy groups -OCH3 is 1. The van der Waals surface area contributed by atoms with Gasteiger partial charge in [0.15, 0.2) is 11.5 Å². The minimum atomic E-state index is -1.07. The zero-order valence-electron chi connectivity index (χ0n) is 7.70. The number of phenols is 1. The molecule has 0 bridgehead atoms. The lowest BCUT2D eigenvalue weighted by Gasteiger charge is -2.12. The maximum atomic E-state index is 13.2. The first kappa shape index (κ1) is 10.7. The van der Waals surface area contributed by atoms with Crippen LogP contribution in [0.5, 0.6) is 11.5 Å². The third kappa shape index (κ3) is 1.78. The molecule has 1 atom stereocenters. The van der Waals surface area contributed by atoms with Gasteiger partial charge in [-0.1, -0.05) is 0 Å². The highest BCUT2D eigenvalue weighted by Gasteiger charge is 2.17. The Hall–Kier alpha value is -1.33. The number of hydrogen-bond donors (Lipinski definition) is 3. The lowest BCUT2D eigenvalue weighted by Crippen LogP contribution is -2.12. The third-order valence-corrected chi connectivity index (χ3v) is 1.91. The fourth-order valence-electron chi connectivity index (χ4n) is 1.11. The van der Waals surface area contributed by atoms with Crippen LogP contribution < -0.4 is 10.5 Å². The van der Waals surface area contributed by atoms with Crippen LogP contribution in [0.2, 0.25) is 0 Å². The van der Waals surface area contributed by atoms with Crippen molar-refractivity contribution in [3.05, 3.63) is 23.5 Å². The molecule has 0 aliphatic heterocycles. The van der Waals surface area contributed by atoms with Crippen molar-refractivity contribution in [2.45, 2.75) is 6.10 Å².